The maximum absolute atomic E-state index is 12.0. The van der Waals surface area contributed by atoms with Crippen LogP contribution in [0.2, 0.25) is 0 Å². The molecule has 3 rings (SSSR count). The molecule has 0 N–H and O–H groups in total. The zero-order valence-corrected chi connectivity index (χ0v) is 13.0. The fourth-order valence-electron chi connectivity index (χ4n) is 2.57. The molecule has 0 radical (unpaired) electrons. The van der Waals surface area contributed by atoms with Crippen molar-refractivity contribution in [2.24, 2.45) is 0 Å². The maximum Gasteiger partial charge on any atom is 0.315 e. The molecule has 0 fully saturated rings. The molecule has 0 amide bonds. The molecule has 5 nitrogen and oxygen atoms in total. The Hall–Kier alpha value is -1.82. The van der Waals surface area contributed by atoms with Crippen LogP contribution in [-0.4, -0.2) is 24.6 Å². The number of fused-ring (bicyclic) bond motifs is 1. The first-order valence-electron chi connectivity index (χ1n) is 7.07. The van der Waals surface area contributed by atoms with Gasteiger partial charge in [-0.1, -0.05) is 0 Å². The molecule has 112 valence electrons. The van der Waals surface area contributed by atoms with Gasteiger partial charge in [0.15, 0.2) is 5.13 Å². The van der Waals surface area contributed by atoms with Crippen LogP contribution < -0.4 is 4.90 Å². The van der Waals surface area contributed by atoms with Crippen LogP contribution in [-0.2, 0) is 22.5 Å². The van der Waals surface area contributed by atoms with Gasteiger partial charge in [-0.3, -0.25) is 4.79 Å². The number of rotatable bonds is 5. The molecule has 1 aliphatic rings. The fraction of sp³-hybridized carbons (Fsp3) is 0.467. The normalized spacial score (nSPS) is 16.8. The van der Waals surface area contributed by atoms with Gasteiger partial charge in [0.05, 0.1) is 24.8 Å². The molecule has 2 aromatic heterocycles. The molecule has 21 heavy (non-hydrogen) atoms. The van der Waals surface area contributed by atoms with E-state index in [1.165, 1.54) is 4.88 Å². The third-order valence-corrected chi connectivity index (χ3v) is 4.85. The highest BCUT2D eigenvalue weighted by Gasteiger charge is 2.34. The van der Waals surface area contributed by atoms with Gasteiger partial charge in [0, 0.05) is 24.0 Å². The lowest BCUT2D eigenvalue weighted by molar-refractivity contribution is -0.145. The smallest absolute Gasteiger partial charge is 0.315 e. The van der Waals surface area contributed by atoms with Gasteiger partial charge < -0.3 is 14.1 Å². The molecule has 6 heteroatoms. The second-order valence-corrected chi connectivity index (χ2v) is 6.20. The Kier molecular flexibility index (Phi) is 3.96. The number of aryl methyl sites for hydroxylation is 1. The number of nitrogens with zero attached hydrogens (tertiary/aromatic N) is 2. The van der Waals surface area contributed by atoms with Crippen molar-refractivity contribution < 1.29 is 13.9 Å². The summed E-state index contributed by atoms with van der Waals surface area (Å²) >= 11 is 1.67. The van der Waals surface area contributed by atoms with E-state index in [1.54, 1.807) is 23.9 Å². The molecule has 0 spiro atoms. The van der Waals surface area contributed by atoms with Crippen molar-refractivity contribution in [3.8, 4) is 0 Å². The Bertz CT molecular complexity index is 621. The lowest BCUT2D eigenvalue weighted by Gasteiger charge is -2.15. The summed E-state index contributed by atoms with van der Waals surface area (Å²) < 4.78 is 10.2. The Morgan fingerprint density at radius 1 is 1.62 bits per heavy atom. The molecular weight excluding hydrogens is 288 g/mol. The summed E-state index contributed by atoms with van der Waals surface area (Å²) in [5.74, 6) is -0.335. The number of furan rings is 1. The summed E-state index contributed by atoms with van der Waals surface area (Å²) in [7, 11) is 2.00. The Morgan fingerprint density at radius 2 is 2.48 bits per heavy atom. The van der Waals surface area contributed by atoms with Gasteiger partial charge in [-0.25, -0.2) is 4.98 Å². The van der Waals surface area contributed by atoms with E-state index in [-0.39, 0.29) is 11.9 Å². The molecule has 0 saturated heterocycles. The Balaban J connectivity index is 1.75. The van der Waals surface area contributed by atoms with E-state index in [0.717, 1.165) is 35.8 Å². The van der Waals surface area contributed by atoms with Crippen LogP contribution in [0.4, 0.5) is 5.13 Å². The molecule has 0 bridgehead atoms. The first-order chi connectivity index (χ1) is 10.2. The third kappa shape index (κ3) is 2.81. The molecule has 0 aromatic carbocycles. The van der Waals surface area contributed by atoms with Crippen LogP contribution >= 0.6 is 11.3 Å². The first kappa shape index (κ1) is 14.1. The van der Waals surface area contributed by atoms with Crippen molar-refractivity contribution in [1.82, 2.24) is 4.98 Å². The molecule has 0 saturated carbocycles. The van der Waals surface area contributed by atoms with Gasteiger partial charge in [-0.2, -0.15) is 0 Å². The quantitative estimate of drug-likeness (QED) is 0.795. The predicted molar refractivity (Wildman–Crippen MR) is 80.6 cm³/mol. The van der Waals surface area contributed by atoms with E-state index >= 15 is 0 Å². The molecule has 0 aliphatic heterocycles. The number of aromatic nitrogens is 1. The standard InChI is InChI=1S/C15H18N2O3S/c1-3-20-14(18)11-4-5-12-13(11)16-15(21-12)17(2)8-10-6-7-19-9-10/h6-7,9,11H,3-5,8H2,1-2H3. The zero-order valence-electron chi connectivity index (χ0n) is 12.2. The molecule has 1 atom stereocenters. The van der Waals surface area contributed by atoms with Crippen LogP contribution in [0.5, 0.6) is 0 Å². The van der Waals surface area contributed by atoms with Crippen molar-refractivity contribution in [2.75, 3.05) is 18.6 Å². The van der Waals surface area contributed by atoms with Crippen LogP contribution in [0.25, 0.3) is 0 Å². The van der Waals surface area contributed by atoms with Gasteiger partial charge in [-0.05, 0) is 25.8 Å². The molecule has 1 unspecified atom stereocenters. The summed E-state index contributed by atoms with van der Waals surface area (Å²) in [5, 5.41) is 0.940. The summed E-state index contributed by atoms with van der Waals surface area (Å²) in [5.41, 5.74) is 2.02. The van der Waals surface area contributed by atoms with E-state index in [1.807, 2.05) is 20.0 Å². The SMILES string of the molecule is CCOC(=O)C1CCc2sc(N(C)Cc3ccoc3)nc21. The lowest BCUT2D eigenvalue weighted by atomic mass is 10.1. The highest BCUT2D eigenvalue weighted by Crippen LogP contribution is 2.40. The Labute approximate surface area is 127 Å². The van der Waals surface area contributed by atoms with Crippen LogP contribution in [0, 0.1) is 0 Å². The zero-order chi connectivity index (χ0) is 14.8. The molecule has 1 aliphatic carbocycles. The number of ether oxygens (including phenoxy) is 1. The number of carbonyl (C=O) groups is 1. The number of esters is 1. The summed E-state index contributed by atoms with van der Waals surface area (Å²) in [6.45, 7) is 2.99. The van der Waals surface area contributed by atoms with Gasteiger partial charge in [0.25, 0.3) is 0 Å². The van der Waals surface area contributed by atoms with Crippen LogP contribution in [0.3, 0.4) is 0 Å². The number of hydrogen-bond donors (Lipinski definition) is 0. The van der Waals surface area contributed by atoms with Crippen molar-refractivity contribution >= 4 is 22.4 Å². The molecule has 2 heterocycles. The van der Waals surface area contributed by atoms with E-state index in [9.17, 15) is 4.79 Å². The van der Waals surface area contributed by atoms with Crippen LogP contribution in [0.1, 0.15) is 35.4 Å². The van der Waals surface area contributed by atoms with Gasteiger partial charge in [0.1, 0.15) is 5.92 Å². The van der Waals surface area contributed by atoms with Crippen molar-refractivity contribution in [2.45, 2.75) is 32.2 Å². The monoisotopic (exact) mass is 306 g/mol. The van der Waals surface area contributed by atoms with E-state index < -0.39 is 0 Å². The minimum atomic E-state index is -0.188. The predicted octanol–water partition coefficient (Wildman–Crippen LogP) is 2.97. The van der Waals surface area contributed by atoms with Crippen molar-refractivity contribution in [3.63, 3.8) is 0 Å². The first-order valence-corrected chi connectivity index (χ1v) is 7.89. The fourth-order valence-corrected chi connectivity index (χ4v) is 3.67. The molecular formula is C15H18N2O3S. The summed E-state index contributed by atoms with van der Waals surface area (Å²) in [6.07, 6.45) is 5.13. The van der Waals surface area contributed by atoms with Gasteiger partial charge in [-0.15, -0.1) is 11.3 Å². The number of anilines is 1. The summed E-state index contributed by atoms with van der Waals surface area (Å²) in [4.78, 5) is 19.9. The minimum Gasteiger partial charge on any atom is -0.472 e. The number of thiazole rings is 1. The van der Waals surface area contributed by atoms with Gasteiger partial charge in [0.2, 0.25) is 0 Å². The number of carbonyl (C=O) groups excluding carboxylic acids is 1. The molecule has 2 aromatic rings. The van der Waals surface area contributed by atoms with Crippen molar-refractivity contribution in [3.05, 3.63) is 34.7 Å². The van der Waals surface area contributed by atoms with Crippen LogP contribution in [0.15, 0.2) is 23.0 Å². The second-order valence-electron chi connectivity index (χ2n) is 5.14. The maximum atomic E-state index is 12.0. The third-order valence-electron chi connectivity index (χ3n) is 3.60. The average molecular weight is 306 g/mol. The largest absolute Gasteiger partial charge is 0.472 e. The highest BCUT2D eigenvalue weighted by molar-refractivity contribution is 7.15. The van der Waals surface area contributed by atoms with E-state index in [0.29, 0.717) is 6.61 Å². The van der Waals surface area contributed by atoms with Crippen molar-refractivity contribution in [1.29, 1.82) is 0 Å². The second kappa shape index (κ2) is 5.89. The highest BCUT2D eigenvalue weighted by atomic mass is 32.1. The minimum absolute atomic E-state index is 0.148. The Morgan fingerprint density at radius 3 is 3.19 bits per heavy atom. The average Bonchev–Trinajstić information content (AvgIpc) is 3.14. The summed E-state index contributed by atoms with van der Waals surface area (Å²) in [6, 6.07) is 1.94. The topological polar surface area (TPSA) is 55.6 Å². The van der Waals surface area contributed by atoms with E-state index in [2.05, 4.69) is 9.88 Å². The number of hydrogen-bond acceptors (Lipinski definition) is 6. The lowest BCUT2D eigenvalue weighted by Crippen LogP contribution is -2.17. The van der Waals surface area contributed by atoms with Gasteiger partial charge >= 0.3 is 5.97 Å². The van der Waals surface area contributed by atoms with E-state index in [4.69, 9.17) is 9.15 Å².